The molecule has 0 unspecified atom stereocenters. The zero-order valence-electron chi connectivity index (χ0n) is 13.3. The van der Waals surface area contributed by atoms with Crippen LogP contribution in [-0.4, -0.2) is 30.3 Å². The molecule has 1 aromatic carbocycles. The smallest absolute Gasteiger partial charge is 0.177 e. The number of rotatable bonds is 4. The van der Waals surface area contributed by atoms with Gasteiger partial charge in [0.25, 0.3) is 0 Å². The largest absolute Gasteiger partial charge is 0.296 e. The summed E-state index contributed by atoms with van der Waals surface area (Å²) in [5.41, 5.74) is 4.48. The van der Waals surface area contributed by atoms with Crippen LogP contribution in [0.15, 0.2) is 12.1 Å². The van der Waals surface area contributed by atoms with Crippen LogP contribution in [0.5, 0.6) is 0 Å². The fraction of sp³-hybridized carbons (Fsp3) is 0.611. The molecule has 0 radical (unpaired) electrons. The highest BCUT2D eigenvalue weighted by atomic mass is 16.1. The second-order valence-electron chi connectivity index (χ2n) is 6.38. The molecule has 2 heteroatoms. The number of hydrogen-bond donors (Lipinski definition) is 0. The number of ketones is 1. The summed E-state index contributed by atoms with van der Waals surface area (Å²) in [6.07, 6.45) is 6.47. The van der Waals surface area contributed by atoms with Crippen molar-refractivity contribution in [1.29, 1.82) is 0 Å². The minimum atomic E-state index is 0.263. The molecule has 1 aromatic rings. The van der Waals surface area contributed by atoms with Crippen LogP contribution in [0, 0.1) is 20.8 Å². The van der Waals surface area contributed by atoms with Crippen molar-refractivity contribution in [2.75, 3.05) is 13.6 Å². The summed E-state index contributed by atoms with van der Waals surface area (Å²) < 4.78 is 0. The lowest BCUT2D eigenvalue weighted by molar-refractivity contribution is 0.0899. The summed E-state index contributed by atoms with van der Waals surface area (Å²) in [7, 11) is 2.10. The molecule has 1 fully saturated rings. The van der Waals surface area contributed by atoms with Crippen LogP contribution in [0.4, 0.5) is 0 Å². The molecule has 1 aliphatic carbocycles. The minimum Gasteiger partial charge on any atom is -0.296 e. The number of Topliss-reactive ketones (excluding diaryl/α,β-unsaturated/α-hetero) is 1. The lowest BCUT2D eigenvalue weighted by Gasteiger charge is -2.30. The highest BCUT2D eigenvalue weighted by molar-refractivity contribution is 5.99. The van der Waals surface area contributed by atoms with Gasteiger partial charge in [0.1, 0.15) is 0 Å². The van der Waals surface area contributed by atoms with Gasteiger partial charge in [-0.3, -0.25) is 9.69 Å². The van der Waals surface area contributed by atoms with Gasteiger partial charge < -0.3 is 0 Å². The molecule has 0 heterocycles. The van der Waals surface area contributed by atoms with E-state index in [0.29, 0.717) is 12.6 Å². The Morgan fingerprint density at radius 3 is 2.30 bits per heavy atom. The van der Waals surface area contributed by atoms with E-state index in [-0.39, 0.29) is 5.78 Å². The first kappa shape index (κ1) is 15.2. The van der Waals surface area contributed by atoms with Gasteiger partial charge in [-0.05, 0) is 63.4 Å². The molecule has 20 heavy (non-hydrogen) atoms. The fourth-order valence-corrected chi connectivity index (χ4v) is 3.22. The Balaban J connectivity index is 2.06. The SMILES string of the molecule is Cc1cc(C)c(C(=O)CN(C)C2CCCCC2)cc1C. The van der Waals surface area contributed by atoms with Gasteiger partial charge in [0.05, 0.1) is 6.54 Å². The van der Waals surface area contributed by atoms with E-state index in [9.17, 15) is 4.79 Å². The van der Waals surface area contributed by atoms with Crippen LogP contribution in [0.1, 0.15) is 59.2 Å². The Kier molecular flexibility index (Phi) is 4.98. The quantitative estimate of drug-likeness (QED) is 0.771. The van der Waals surface area contributed by atoms with E-state index in [4.69, 9.17) is 0 Å². The Morgan fingerprint density at radius 2 is 1.65 bits per heavy atom. The molecule has 1 aliphatic rings. The van der Waals surface area contributed by atoms with Crippen molar-refractivity contribution < 1.29 is 4.79 Å². The Hall–Kier alpha value is -1.15. The summed E-state index contributed by atoms with van der Waals surface area (Å²) in [6, 6.07) is 4.78. The number of hydrogen-bond acceptors (Lipinski definition) is 2. The normalized spacial score (nSPS) is 16.6. The molecule has 2 rings (SSSR count). The van der Waals surface area contributed by atoms with Gasteiger partial charge in [0.2, 0.25) is 0 Å². The summed E-state index contributed by atoms with van der Waals surface area (Å²) in [5.74, 6) is 0.263. The number of likely N-dealkylation sites (N-methyl/N-ethyl adjacent to an activating group) is 1. The number of nitrogens with zero attached hydrogens (tertiary/aromatic N) is 1. The van der Waals surface area contributed by atoms with E-state index in [1.807, 2.05) is 6.92 Å². The fourth-order valence-electron chi connectivity index (χ4n) is 3.22. The Morgan fingerprint density at radius 1 is 1.05 bits per heavy atom. The molecule has 0 saturated heterocycles. The molecule has 0 atom stereocenters. The maximum Gasteiger partial charge on any atom is 0.177 e. The van der Waals surface area contributed by atoms with Crippen LogP contribution in [-0.2, 0) is 0 Å². The number of benzene rings is 1. The third kappa shape index (κ3) is 3.49. The van der Waals surface area contributed by atoms with Crippen LogP contribution in [0.25, 0.3) is 0 Å². The molecule has 0 N–H and O–H groups in total. The van der Waals surface area contributed by atoms with E-state index in [0.717, 1.165) is 11.1 Å². The lowest BCUT2D eigenvalue weighted by Crippen LogP contribution is -2.37. The average molecular weight is 273 g/mol. The second kappa shape index (κ2) is 6.53. The van der Waals surface area contributed by atoms with E-state index < -0.39 is 0 Å². The molecule has 0 spiro atoms. The number of aryl methyl sites for hydroxylation is 3. The van der Waals surface area contributed by atoms with Gasteiger partial charge in [-0.2, -0.15) is 0 Å². The van der Waals surface area contributed by atoms with Gasteiger partial charge in [-0.15, -0.1) is 0 Å². The van der Waals surface area contributed by atoms with Crippen LogP contribution in [0.3, 0.4) is 0 Å². The highest BCUT2D eigenvalue weighted by Gasteiger charge is 2.21. The monoisotopic (exact) mass is 273 g/mol. The maximum atomic E-state index is 12.5. The number of carbonyl (C=O) groups excluding carboxylic acids is 1. The van der Waals surface area contributed by atoms with E-state index >= 15 is 0 Å². The summed E-state index contributed by atoms with van der Waals surface area (Å²) in [6.45, 7) is 6.77. The topological polar surface area (TPSA) is 20.3 Å². The van der Waals surface area contributed by atoms with Gasteiger partial charge in [-0.1, -0.05) is 25.3 Å². The molecule has 2 nitrogen and oxygen atoms in total. The summed E-state index contributed by atoms with van der Waals surface area (Å²) in [4.78, 5) is 14.8. The van der Waals surface area contributed by atoms with Gasteiger partial charge in [0.15, 0.2) is 5.78 Å². The molecule has 0 aliphatic heterocycles. The summed E-state index contributed by atoms with van der Waals surface area (Å²) >= 11 is 0. The Bertz CT molecular complexity index is 486. The van der Waals surface area contributed by atoms with Crippen molar-refractivity contribution >= 4 is 5.78 Å². The second-order valence-corrected chi connectivity index (χ2v) is 6.38. The first-order valence-corrected chi connectivity index (χ1v) is 7.80. The molecular formula is C18H27NO. The predicted octanol–water partition coefficient (Wildman–Crippen LogP) is 4.06. The molecule has 1 saturated carbocycles. The third-order valence-corrected chi connectivity index (χ3v) is 4.73. The van der Waals surface area contributed by atoms with Gasteiger partial charge in [-0.25, -0.2) is 0 Å². The molecule has 0 amide bonds. The highest BCUT2D eigenvalue weighted by Crippen LogP contribution is 2.22. The third-order valence-electron chi connectivity index (χ3n) is 4.73. The predicted molar refractivity (Wildman–Crippen MR) is 84.5 cm³/mol. The van der Waals surface area contributed by atoms with Crippen molar-refractivity contribution in [1.82, 2.24) is 4.90 Å². The Labute approximate surface area is 123 Å². The van der Waals surface area contributed by atoms with Crippen molar-refractivity contribution in [2.45, 2.75) is 58.9 Å². The van der Waals surface area contributed by atoms with E-state index in [1.54, 1.807) is 0 Å². The maximum absolute atomic E-state index is 12.5. The standard InChI is InChI=1S/C18H27NO/c1-13-10-15(3)17(11-14(13)2)18(20)12-19(4)16-8-6-5-7-9-16/h10-11,16H,5-9,12H2,1-4H3. The van der Waals surface area contributed by atoms with Crippen LogP contribution < -0.4 is 0 Å². The zero-order chi connectivity index (χ0) is 14.7. The molecular weight excluding hydrogens is 246 g/mol. The first-order valence-electron chi connectivity index (χ1n) is 7.80. The van der Waals surface area contributed by atoms with E-state index in [1.165, 1.54) is 43.2 Å². The average Bonchev–Trinajstić information content (AvgIpc) is 2.43. The van der Waals surface area contributed by atoms with Crippen LogP contribution in [0.2, 0.25) is 0 Å². The van der Waals surface area contributed by atoms with Crippen molar-refractivity contribution in [3.05, 3.63) is 34.4 Å². The van der Waals surface area contributed by atoms with Crippen LogP contribution >= 0.6 is 0 Å². The lowest BCUT2D eigenvalue weighted by atomic mass is 9.93. The summed E-state index contributed by atoms with van der Waals surface area (Å²) in [5, 5.41) is 0. The van der Waals surface area contributed by atoms with Gasteiger partial charge >= 0.3 is 0 Å². The molecule has 110 valence electrons. The van der Waals surface area contributed by atoms with Crippen molar-refractivity contribution in [3.63, 3.8) is 0 Å². The molecule has 0 bridgehead atoms. The van der Waals surface area contributed by atoms with E-state index in [2.05, 4.69) is 37.9 Å². The first-order chi connectivity index (χ1) is 9.49. The minimum absolute atomic E-state index is 0.263. The van der Waals surface area contributed by atoms with Gasteiger partial charge in [0, 0.05) is 11.6 Å². The van der Waals surface area contributed by atoms with Crippen molar-refractivity contribution in [3.8, 4) is 0 Å². The number of carbonyl (C=O) groups is 1. The zero-order valence-corrected chi connectivity index (χ0v) is 13.3. The molecule has 0 aromatic heterocycles. The van der Waals surface area contributed by atoms with Crippen molar-refractivity contribution in [2.24, 2.45) is 0 Å².